The number of nitrogens with one attached hydrogen (secondary N) is 1. The molecule has 2 aromatic rings. The number of halogens is 1. The molecule has 2 aromatic heterocycles. The van der Waals surface area contributed by atoms with Crippen LogP contribution in [-0.4, -0.2) is 33.4 Å². The lowest BCUT2D eigenvalue weighted by Crippen LogP contribution is -2.12. The highest BCUT2D eigenvalue weighted by Crippen LogP contribution is 2.27. The SMILES string of the molecule is COc1c(Cl)ncnc1NCCn1cccn1. The van der Waals surface area contributed by atoms with Crippen LogP contribution in [0.4, 0.5) is 5.82 Å². The molecule has 6 nitrogen and oxygen atoms in total. The average molecular weight is 254 g/mol. The van der Waals surface area contributed by atoms with Crippen LogP contribution in [0.5, 0.6) is 5.75 Å². The Morgan fingerprint density at radius 3 is 3.06 bits per heavy atom. The maximum absolute atomic E-state index is 5.87. The Hall–Kier alpha value is -1.82. The molecule has 0 saturated heterocycles. The number of aromatic nitrogens is 4. The molecule has 7 heteroatoms. The molecule has 0 bridgehead atoms. The fraction of sp³-hybridized carbons (Fsp3) is 0.300. The highest BCUT2D eigenvalue weighted by atomic mass is 35.5. The van der Waals surface area contributed by atoms with E-state index in [1.807, 2.05) is 16.9 Å². The van der Waals surface area contributed by atoms with E-state index in [4.69, 9.17) is 16.3 Å². The molecule has 1 N–H and O–H groups in total. The first-order chi connectivity index (χ1) is 8.31. The highest BCUT2D eigenvalue weighted by molar-refractivity contribution is 6.31. The van der Waals surface area contributed by atoms with Crippen molar-refractivity contribution in [2.24, 2.45) is 0 Å². The van der Waals surface area contributed by atoms with Crippen molar-refractivity contribution >= 4 is 17.4 Å². The smallest absolute Gasteiger partial charge is 0.198 e. The van der Waals surface area contributed by atoms with Crippen molar-refractivity contribution in [1.29, 1.82) is 0 Å². The molecule has 0 aliphatic heterocycles. The molecule has 2 rings (SSSR count). The standard InChI is InChI=1S/C10H12ClN5O/c1-17-8-9(11)13-7-14-10(8)12-4-6-16-5-2-3-15-16/h2-3,5,7H,4,6H2,1H3,(H,12,13,14). The summed E-state index contributed by atoms with van der Waals surface area (Å²) in [4.78, 5) is 7.91. The molecule has 0 saturated carbocycles. The first-order valence-corrected chi connectivity index (χ1v) is 5.45. The highest BCUT2D eigenvalue weighted by Gasteiger charge is 2.09. The summed E-state index contributed by atoms with van der Waals surface area (Å²) in [7, 11) is 1.53. The molecule has 0 aliphatic carbocycles. The van der Waals surface area contributed by atoms with E-state index in [0.29, 0.717) is 23.3 Å². The van der Waals surface area contributed by atoms with Crippen LogP contribution in [0.2, 0.25) is 5.15 Å². The van der Waals surface area contributed by atoms with Crippen LogP contribution < -0.4 is 10.1 Å². The zero-order valence-electron chi connectivity index (χ0n) is 9.30. The van der Waals surface area contributed by atoms with Gasteiger partial charge >= 0.3 is 0 Å². The Bertz CT molecular complexity index is 474. The summed E-state index contributed by atoms with van der Waals surface area (Å²) >= 11 is 5.87. The number of nitrogens with zero attached hydrogens (tertiary/aromatic N) is 4. The first-order valence-electron chi connectivity index (χ1n) is 5.07. The van der Waals surface area contributed by atoms with E-state index in [1.165, 1.54) is 13.4 Å². The van der Waals surface area contributed by atoms with Gasteiger partial charge in [-0.1, -0.05) is 11.6 Å². The first kappa shape index (κ1) is 11.7. The van der Waals surface area contributed by atoms with E-state index in [-0.39, 0.29) is 0 Å². The van der Waals surface area contributed by atoms with Gasteiger partial charge < -0.3 is 10.1 Å². The van der Waals surface area contributed by atoms with Gasteiger partial charge in [0.05, 0.1) is 13.7 Å². The van der Waals surface area contributed by atoms with Gasteiger partial charge in [-0.25, -0.2) is 9.97 Å². The topological polar surface area (TPSA) is 64.9 Å². The quantitative estimate of drug-likeness (QED) is 0.817. The van der Waals surface area contributed by atoms with Crippen molar-refractivity contribution in [2.75, 3.05) is 19.0 Å². The molecule has 2 heterocycles. The maximum atomic E-state index is 5.87. The third kappa shape index (κ3) is 2.85. The molecule has 0 fully saturated rings. The summed E-state index contributed by atoms with van der Waals surface area (Å²) in [6.45, 7) is 1.41. The Morgan fingerprint density at radius 1 is 1.47 bits per heavy atom. The number of hydrogen-bond donors (Lipinski definition) is 1. The summed E-state index contributed by atoms with van der Waals surface area (Å²) in [6, 6.07) is 1.88. The predicted octanol–water partition coefficient (Wildman–Crippen LogP) is 1.45. The summed E-state index contributed by atoms with van der Waals surface area (Å²) in [5.41, 5.74) is 0. The third-order valence-corrected chi connectivity index (χ3v) is 2.43. The number of hydrogen-bond acceptors (Lipinski definition) is 5. The monoisotopic (exact) mass is 253 g/mol. The van der Waals surface area contributed by atoms with E-state index in [1.54, 1.807) is 6.20 Å². The van der Waals surface area contributed by atoms with E-state index in [9.17, 15) is 0 Å². The van der Waals surface area contributed by atoms with Crippen molar-refractivity contribution in [3.8, 4) is 5.75 Å². The lowest BCUT2D eigenvalue weighted by atomic mass is 10.5. The minimum absolute atomic E-state index is 0.295. The second-order valence-electron chi connectivity index (χ2n) is 3.24. The zero-order valence-corrected chi connectivity index (χ0v) is 10.1. The van der Waals surface area contributed by atoms with Gasteiger partial charge in [0.2, 0.25) is 0 Å². The van der Waals surface area contributed by atoms with Crippen molar-refractivity contribution < 1.29 is 4.74 Å². The van der Waals surface area contributed by atoms with Crippen molar-refractivity contribution in [1.82, 2.24) is 19.7 Å². The summed E-state index contributed by atoms with van der Waals surface area (Å²) in [5, 5.41) is 7.51. The van der Waals surface area contributed by atoms with Gasteiger partial charge in [-0.3, -0.25) is 4.68 Å². The van der Waals surface area contributed by atoms with Gasteiger partial charge in [0.1, 0.15) is 6.33 Å². The largest absolute Gasteiger partial charge is 0.490 e. The fourth-order valence-corrected chi connectivity index (χ4v) is 1.59. The van der Waals surface area contributed by atoms with Gasteiger partial charge in [0.15, 0.2) is 16.7 Å². The molecule has 90 valence electrons. The molecule has 0 spiro atoms. The Morgan fingerprint density at radius 2 is 2.35 bits per heavy atom. The number of ether oxygens (including phenoxy) is 1. The Labute approximate surface area is 104 Å². The molecule has 0 radical (unpaired) electrons. The van der Waals surface area contributed by atoms with Crippen LogP contribution in [0.25, 0.3) is 0 Å². The minimum atomic E-state index is 0.295. The van der Waals surface area contributed by atoms with Gasteiger partial charge in [-0.2, -0.15) is 5.10 Å². The summed E-state index contributed by atoms with van der Waals surface area (Å²) < 4.78 is 6.94. The zero-order chi connectivity index (χ0) is 12.1. The lowest BCUT2D eigenvalue weighted by molar-refractivity contribution is 0.412. The average Bonchev–Trinajstić information content (AvgIpc) is 2.82. The van der Waals surface area contributed by atoms with Crippen LogP contribution in [0.15, 0.2) is 24.8 Å². The van der Waals surface area contributed by atoms with Gasteiger partial charge in [-0.15, -0.1) is 0 Å². The summed E-state index contributed by atoms with van der Waals surface area (Å²) in [6.07, 6.45) is 5.02. The van der Waals surface area contributed by atoms with Crippen molar-refractivity contribution in [3.05, 3.63) is 29.9 Å². The predicted molar refractivity (Wildman–Crippen MR) is 64.3 cm³/mol. The summed E-state index contributed by atoms with van der Waals surface area (Å²) in [5.74, 6) is 1.04. The second-order valence-corrected chi connectivity index (χ2v) is 3.60. The van der Waals surface area contributed by atoms with E-state index in [0.717, 1.165) is 6.54 Å². The molecule has 0 amide bonds. The molecule has 0 unspecified atom stereocenters. The molecular weight excluding hydrogens is 242 g/mol. The number of anilines is 1. The second kappa shape index (κ2) is 5.49. The molecule has 0 aliphatic rings. The Kier molecular flexibility index (Phi) is 3.77. The van der Waals surface area contributed by atoms with E-state index < -0.39 is 0 Å². The van der Waals surface area contributed by atoms with Gasteiger partial charge in [0, 0.05) is 18.9 Å². The number of rotatable bonds is 5. The van der Waals surface area contributed by atoms with E-state index in [2.05, 4.69) is 20.4 Å². The van der Waals surface area contributed by atoms with Crippen molar-refractivity contribution in [3.63, 3.8) is 0 Å². The van der Waals surface area contributed by atoms with Crippen LogP contribution in [0.3, 0.4) is 0 Å². The maximum Gasteiger partial charge on any atom is 0.198 e. The molecule has 0 aromatic carbocycles. The minimum Gasteiger partial charge on any atom is -0.490 e. The molecular formula is C10H12ClN5O. The van der Waals surface area contributed by atoms with E-state index >= 15 is 0 Å². The van der Waals surface area contributed by atoms with Gasteiger partial charge in [0.25, 0.3) is 0 Å². The van der Waals surface area contributed by atoms with Crippen LogP contribution >= 0.6 is 11.6 Å². The number of methoxy groups -OCH3 is 1. The lowest BCUT2D eigenvalue weighted by Gasteiger charge is -2.10. The van der Waals surface area contributed by atoms with Crippen LogP contribution in [-0.2, 0) is 6.54 Å². The fourth-order valence-electron chi connectivity index (χ4n) is 1.38. The molecule has 17 heavy (non-hydrogen) atoms. The van der Waals surface area contributed by atoms with Gasteiger partial charge in [-0.05, 0) is 6.07 Å². The normalized spacial score (nSPS) is 10.2. The van der Waals surface area contributed by atoms with Crippen LogP contribution in [0, 0.1) is 0 Å². The third-order valence-electron chi connectivity index (χ3n) is 2.16. The van der Waals surface area contributed by atoms with Crippen LogP contribution in [0.1, 0.15) is 0 Å². The molecule has 0 atom stereocenters. The van der Waals surface area contributed by atoms with Crippen molar-refractivity contribution in [2.45, 2.75) is 6.54 Å². The Balaban J connectivity index is 1.97.